The zero-order valence-electron chi connectivity index (χ0n) is 12.1. The number of aromatic nitrogens is 3. The molecular weight excluding hydrogens is 286 g/mol. The molecule has 0 radical (unpaired) electrons. The Labute approximate surface area is 124 Å². The van der Waals surface area contributed by atoms with Crippen molar-refractivity contribution in [3.63, 3.8) is 0 Å². The van der Waals surface area contributed by atoms with Gasteiger partial charge in [-0.2, -0.15) is 0 Å². The lowest BCUT2D eigenvalue weighted by molar-refractivity contribution is 0.567. The summed E-state index contributed by atoms with van der Waals surface area (Å²) in [5.74, 6) is 5.79. The van der Waals surface area contributed by atoms with E-state index in [0.29, 0.717) is 17.5 Å². The Kier molecular flexibility index (Phi) is 4.43. The van der Waals surface area contributed by atoms with Crippen LogP contribution in [0.2, 0.25) is 0 Å². The van der Waals surface area contributed by atoms with E-state index in [1.54, 1.807) is 31.2 Å². The van der Waals surface area contributed by atoms with Gasteiger partial charge in [0.1, 0.15) is 11.0 Å². The Balaban J connectivity index is 2.24. The first-order valence-corrected chi connectivity index (χ1v) is 8.08. The first kappa shape index (κ1) is 15.3. The third-order valence-corrected chi connectivity index (χ3v) is 4.91. The minimum Gasteiger partial charge on any atom is -0.204 e. The smallest absolute Gasteiger partial charge is 0.204 e. The van der Waals surface area contributed by atoms with Crippen LogP contribution in [0.5, 0.6) is 0 Å². The highest BCUT2D eigenvalue weighted by Crippen LogP contribution is 2.16. The van der Waals surface area contributed by atoms with Gasteiger partial charge in [0.15, 0.2) is 0 Å². The summed E-state index contributed by atoms with van der Waals surface area (Å²) >= 11 is 0. The van der Waals surface area contributed by atoms with Crippen LogP contribution in [-0.4, -0.2) is 28.1 Å². The summed E-state index contributed by atoms with van der Waals surface area (Å²) in [6.07, 6.45) is 0.836. The Morgan fingerprint density at radius 3 is 2.81 bits per heavy atom. The van der Waals surface area contributed by atoms with Gasteiger partial charge in [-0.05, 0) is 26.0 Å². The molecule has 0 saturated heterocycles. The van der Waals surface area contributed by atoms with Gasteiger partial charge in [-0.3, -0.25) is 0 Å². The van der Waals surface area contributed by atoms with Crippen molar-refractivity contribution in [1.82, 2.24) is 14.4 Å². The average molecular weight is 303 g/mol. The predicted octanol–water partition coefficient (Wildman–Crippen LogP) is 2.36. The Morgan fingerprint density at radius 1 is 1.38 bits per heavy atom. The van der Waals surface area contributed by atoms with Gasteiger partial charge in [0, 0.05) is 12.8 Å². The molecule has 2 rings (SSSR count). The highest BCUT2D eigenvalue weighted by Gasteiger charge is 2.25. The van der Waals surface area contributed by atoms with E-state index in [0.717, 1.165) is 9.66 Å². The van der Waals surface area contributed by atoms with E-state index in [9.17, 15) is 8.42 Å². The van der Waals surface area contributed by atoms with Gasteiger partial charge in [0.05, 0.1) is 5.25 Å². The molecule has 0 saturated carbocycles. The van der Waals surface area contributed by atoms with E-state index in [1.807, 2.05) is 6.92 Å². The van der Waals surface area contributed by atoms with Gasteiger partial charge < -0.3 is 0 Å². The minimum atomic E-state index is -3.60. The van der Waals surface area contributed by atoms with E-state index in [2.05, 4.69) is 28.7 Å². The molecule has 1 unspecified atom stereocenters. The van der Waals surface area contributed by atoms with Gasteiger partial charge in [0.25, 0.3) is 10.0 Å². The van der Waals surface area contributed by atoms with E-state index >= 15 is 0 Å². The number of hydrogen-bond donors (Lipinski definition) is 0. The molecule has 0 spiro atoms. The molecule has 0 bridgehead atoms. The summed E-state index contributed by atoms with van der Waals surface area (Å²) < 4.78 is 26.0. The van der Waals surface area contributed by atoms with Crippen LogP contribution in [0, 0.1) is 11.8 Å². The molecule has 2 aromatic rings. The van der Waals surface area contributed by atoms with Crippen LogP contribution in [0.1, 0.15) is 26.7 Å². The van der Waals surface area contributed by atoms with Gasteiger partial charge in [0.2, 0.25) is 0 Å². The topological polar surface area (TPSA) is 64.8 Å². The highest BCUT2D eigenvalue weighted by atomic mass is 32.2. The maximum atomic E-state index is 12.5. The summed E-state index contributed by atoms with van der Waals surface area (Å²) in [6, 6.07) is 6.97. The van der Waals surface area contributed by atoms with Gasteiger partial charge in [-0.1, -0.05) is 35.4 Å². The van der Waals surface area contributed by atoms with Crippen molar-refractivity contribution in [3.8, 4) is 11.8 Å². The monoisotopic (exact) mass is 303 g/mol. The zero-order valence-corrected chi connectivity index (χ0v) is 12.9. The second kappa shape index (κ2) is 6.10. The van der Waals surface area contributed by atoms with Crippen LogP contribution < -0.4 is 0 Å². The lowest BCUT2D eigenvalue weighted by Crippen LogP contribution is -2.25. The summed E-state index contributed by atoms with van der Waals surface area (Å²) in [4.78, 5) is 0. The third-order valence-electron chi connectivity index (χ3n) is 2.98. The summed E-state index contributed by atoms with van der Waals surface area (Å²) in [5.41, 5.74) is 2.00. The molecular formula is C15H17N3O2S. The molecule has 6 heteroatoms. The molecule has 0 aliphatic rings. The van der Waals surface area contributed by atoms with Crippen molar-refractivity contribution in [2.45, 2.75) is 31.9 Å². The highest BCUT2D eigenvalue weighted by molar-refractivity contribution is 7.90. The first-order chi connectivity index (χ1) is 9.93. The van der Waals surface area contributed by atoms with E-state index in [-0.39, 0.29) is 6.42 Å². The Hall–Kier alpha value is -2.13. The number of nitrogens with zero attached hydrogens (tertiary/aromatic N) is 3. The molecule has 110 valence electrons. The van der Waals surface area contributed by atoms with Crippen molar-refractivity contribution in [3.05, 3.63) is 36.4 Å². The number of rotatable bonds is 4. The second-order valence-electron chi connectivity index (χ2n) is 4.97. The SMILES string of the molecule is C=C(C)CC#CCC(C)S(=O)(=O)n1nnc2ccccc21. The fourth-order valence-corrected chi connectivity index (χ4v) is 2.94. The molecule has 1 aromatic carbocycles. The number of allylic oxidation sites excluding steroid dienone is 1. The van der Waals surface area contributed by atoms with Gasteiger partial charge in [-0.25, -0.2) is 8.42 Å². The van der Waals surface area contributed by atoms with Crippen LogP contribution >= 0.6 is 0 Å². The predicted molar refractivity (Wildman–Crippen MR) is 83.1 cm³/mol. The fraction of sp³-hybridized carbons (Fsp3) is 0.333. The molecule has 1 atom stereocenters. The Bertz CT molecular complexity index is 825. The van der Waals surface area contributed by atoms with Crippen molar-refractivity contribution in [2.75, 3.05) is 0 Å². The summed E-state index contributed by atoms with van der Waals surface area (Å²) in [7, 11) is -3.60. The van der Waals surface area contributed by atoms with Crippen LogP contribution in [-0.2, 0) is 10.0 Å². The number of benzene rings is 1. The molecule has 0 aliphatic heterocycles. The quantitative estimate of drug-likeness (QED) is 0.642. The molecule has 1 aromatic heterocycles. The normalized spacial score (nSPS) is 12.7. The van der Waals surface area contributed by atoms with Crippen LogP contribution in [0.25, 0.3) is 11.0 Å². The first-order valence-electron chi connectivity index (χ1n) is 6.58. The average Bonchev–Trinajstić information content (AvgIpc) is 2.87. The van der Waals surface area contributed by atoms with Crippen molar-refractivity contribution >= 4 is 21.1 Å². The number of fused-ring (bicyclic) bond motifs is 1. The van der Waals surface area contributed by atoms with E-state index in [4.69, 9.17) is 0 Å². The van der Waals surface area contributed by atoms with Gasteiger partial charge in [-0.15, -0.1) is 15.1 Å². The van der Waals surface area contributed by atoms with E-state index < -0.39 is 15.3 Å². The third kappa shape index (κ3) is 3.31. The Morgan fingerprint density at radius 2 is 2.10 bits per heavy atom. The number of para-hydroxylation sites is 1. The van der Waals surface area contributed by atoms with Crippen molar-refractivity contribution in [1.29, 1.82) is 0 Å². The van der Waals surface area contributed by atoms with Crippen LogP contribution in [0.3, 0.4) is 0 Å². The molecule has 5 nitrogen and oxygen atoms in total. The molecule has 1 heterocycles. The summed E-state index contributed by atoms with van der Waals surface area (Å²) in [6.45, 7) is 7.26. The van der Waals surface area contributed by atoms with Gasteiger partial charge >= 0.3 is 0 Å². The lowest BCUT2D eigenvalue weighted by atomic mass is 10.2. The number of hydrogen-bond acceptors (Lipinski definition) is 4. The molecule has 0 fully saturated rings. The fourth-order valence-electron chi connectivity index (χ4n) is 1.74. The molecule has 0 aliphatic carbocycles. The standard InChI is InChI=1S/C15H17N3O2S/c1-12(2)8-4-5-9-13(3)21(19,20)18-15-11-7-6-10-14(15)16-17-18/h6-7,10-11,13H,1,8-9H2,2-3H3. The molecule has 0 amide bonds. The lowest BCUT2D eigenvalue weighted by Gasteiger charge is -2.09. The van der Waals surface area contributed by atoms with Crippen molar-refractivity contribution < 1.29 is 8.42 Å². The molecule has 0 N–H and O–H groups in total. The van der Waals surface area contributed by atoms with E-state index in [1.165, 1.54) is 0 Å². The maximum Gasteiger partial charge on any atom is 0.259 e. The zero-order chi connectivity index (χ0) is 15.5. The van der Waals surface area contributed by atoms with Crippen LogP contribution in [0.15, 0.2) is 36.4 Å². The largest absolute Gasteiger partial charge is 0.259 e. The summed E-state index contributed by atoms with van der Waals surface area (Å²) in [5, 5.41) is 6.98. The minimum absolute atomic E-state index is 0.254. The van der Waals surface area contributed by atoms with Crippen molar-refractivity contribution in [2.24, 2.45) is 0 Å². The maximum absolute atomic E-state index is 12.5. The second-order valence-corrected chi connectivity index (χ2v) is 7.15. The van der Waals surface area contributed by atoms with Crippen LogP contribution in [0.4, 0.5) is 0 Å². The molecule has 21 heavy (non-hydrogen) atoms.